The van der Waals surface area contributed by atoms with Crippen LogP contribution in [-0.4, -0.2) is 26.8 Å². The van der Waals surface area contributed by atoms with Crippen molar-refractivity contribution in [1.29, 1.82) is 0 Å². The summed E-state index contributed by atoms with van der Waals surface area (Å²) in [6.45, 7) is 0. The molecule has 2 bridgehead atoms. The fourth-order valence-electron chi connectivity index (χ4n) is 2.61. The van der Waals surface area contributed by atoms with Crippen LogP contribution < -0.4 is 0 Å². The van der Waals surface area contributed by atoms with E-state index in [1.807, 2.05) is 0 Å². The lowest BCUT2D eigenvalue weighted by Gasteiger charge is -2.17. The van der Waals surface area contributed by atoms with Gasteiger partial charge in [-0.05, 0) is 32.1 Å². The van der Waals surface area contributed by atoms with Gasteiger partial charge in [0.25, 0.3) is 0 Å². The van der Waals surface area contributed by atoms with Crippen molar-refractivity contribution in [1.82, 2.24) is 0 Å². The second kappa shape index (κ2) is 6.10. The predicted octanol–water partition coefficient (Wildman–Crippen LogP) is 3.63. The monoisotopic (exact) mass is 275 g/mol. The number of thioether (sulfide) groups is 1. The van der Waals surface area contributed by atoms with Crippen LogP contribution in [0.25, 0.3) is 0 Å². The minimum atomic E-state index is -0.392. The number of alkyl halides is 1. The number of nitrogens with zero attached hydrogens (tertiary/aromatic N) is 1. The van der Waals surface area contributed by atoms with Crippen molar-refractivity contribution in [3.05, 3.63) is 22.3 Å². The van der Waals surface area contributed by atoms with Crippen LogP contribution in [0.4, 0.5) is 0 Å². The molecule has 0 aliphatic carbocycles. The summed E-state index contributed by atoms with van der Waals surface area (Å²) in [5.41, 5.74) is 0. The molecule has 0 amide bonds. The van der Waals surface area contributed by atoms with Crippen molar-refractivity contribution < 1.29 is 4.92 Å². The Kier molecular flexibility index (Phi) is 4.74. The van der Waals surface area contributed by atoms with Crippen LogP contribution in [0, 0.1) is 10.1 Å². The molecule has 0 N–H and O–H groups in total. The van der Waals surface area contributed by atoms with Crippen LogP contribution in [0.1, 0.15) is 38.5 Å². The molecule has 96 valence electrons. The van der Waals surface area contributed by atoms with E-state index < -0.39 is 6.04 Å². The Morgan fingerprint density at radius 3 is 2.47 bits per heavy atom. The van der Waals surface area contributed by atoms with Gasteiger partial charge in [-0.1, -0.05) is 12.2 Å². The first kappa shape index (κ1) is 13.2. The van der Waals surface area contributed by atoms with Gasteiger partial charge >= 0.3 is 0 Å². The van der Waals surface area contributed by atoms with Crippen molar-refractivity contribution in [2.75, 3.05) is 0 Å². The van der Waals surface area contributed by atoms with E-state index in [9.17, 15) is 10.1 Å². The molecule has 0 saturated carbocycles. The molecule has 0 aromatic rings. The van der Waals surface area contributed by atoms with Crippen molar-refractivity contribution in [3.63, 3.8) is 0 Å². The van der Waals surface area contributed by atoms with Gasteiger partial charge < -0.3 is 0 Å². The minimum absolute atomic E-state index is 0.0883. The van der Waals surface area contributed by atoms with E-state index >= 15 is 0 Å². The third-order valence-corrected chi connectivity index (χ3v) is 6.08. The quantitative estimate of drug-likeness (QED) is 0.318. The molecular weight excluding hydrogens is 258 g/mol. The number of rotatable bonds is 1. The molecule has 4 unspecified atom stereocenters. The number of halogens is 1. The first-order chi connectivity index (χ1) is 8.18. The van der Waals surface area contributed by atoms with Crippen LogP contribution in [-0.2, 0) is 0 Å². The van der Waals surface area contributed by atoms with Crippen LogP contribution in [0.3, 0.4) is 0 Å². The maximum atomic E-state index is 11.1. The van der Waals surface area contributed by atoms with Gasteiger partial charge in [0.1, 0.15) is 0 Å². The smallest absolute Gasteiger partial charge is 0.225 e. The van der Waals surface area contributed by atoms with E-state index in [1.165, 1.54) is 0 Å². The molecule has 2 aliphatic heterocycles. The van der Waals surface area contributed by atoms with Crippen LogP contribution in [0.5, 0.6) is 0 Å². The Balaban J connectivity index is 2.08. The zero-order chi connectivity index (χ0) is 12.3. The van der Waals surface area contributed by atoms with E-state index in [1.54, 1.807) is 11.8 Å². The molecule has 1 fully saturated rings. The van der Waals surface area contributed by atoms with Gasteiger partial charge in [-0.15, -0.1) is 23.4 Å². The summed E-state index contributed by atoms with van der Waals surface area (Å²) in [6.07, 6.45) is 9.66. The number of hydrogen-bond acceptors (Lipinski definition) is 3. The number of allylic oxidation sites excluding steroid dienone is 2. The third-order valence-electron chi connectivity index (χ3n) is 3.59. The Morgan fingerprint density at radius 1 is 1.12 bits per heavy atom. The number of hydrogen-bond donors (Lipinski definition) is 0. The van der Waals surface area contributed by atoms with Gasteiger partial charge in [-0.2, -0.15) is 0 Å². The third kappa shape index (κ3) is 3.38. The number of fused-ring (bicyclic) bond motifs is 2. The fraction of sp³-hybridized carbons (Fsp3) is 0.833. The average molecular weight is 276 g/mol. The zero-order valence-electron chi connectivity index (χ0n) is 9.76. The molecule has 3 nitrogen and oxygen atoms in total. The summed E-state index contributed by atoms with van der Waals surface area (Å²) in [6, 6.07) is -0.392. The fourth-order valence-corrected chi connectivity index (χ4v) is 4.76. The van der Waals surface area contributed by atoms with E-state index in [4.69, 9.17) is 11.6 Å². The molecule has 4 atom stereocenters. The Morgan fingerprint density at radius 2 is 1.76 bits per heavy atom. The molecule has 17 heavy (non-hydrogen) atoms. The lowest BCUT2D eigenvalue weighted by atomic mass is 10.0. The maximum absolute atomic E-state index is 11.1. The van der Waals surface area contributed by atoms with Gasteiger partial charge in [0.2, 0.25) is 6.04 Å². The van der Waals surface area contributed by atoms with Gasteiger partial charge in [0, 0.05) is 22.0 Å². The van der Waals surface area contributed by atoms with E-state index in [-0.39, 0.29) is 15.6 Å². The first-order valence-electron chi connectivity index (χ1n) is 6.26. The highest BCUT2D eigenvalue weighted by Crippen LogP contribution is 2.41. The summed E-state index contributed by atoms with van der Waals surface area (Å²) >= 11 is 8.13. The summed E-state index contributed by atoms with van der Waals surface area (Å²) in [7, 11) is 0. The highest BCUT2D eigenvalue weighted by Gasteiger charge is 2.39. The molecule has 0 aromatic heterocycles. The summed E-state index contributed by atoms with van der Waals surface area (Å²) in [5, 5.41) is 11.9. The van der Waals surface area contributed by atoms with Gasteiger partial charge in [-0.25, -0.2) is 0 Å². The minimum Gasteiger partial charge on any atom is -0.264 e. The normalized spacial score (nSPS) is 38.6. The molecule has 0 radical (unpaired) electrons. The van der Waals surface area contributed by atoms with Crippen LogP contribution >= 0.6 is 23.4 Å². The maximum Gasteiger partial charge on any atom is 0.225 e. The molecule has 2 aliphatic rings. The van der Waals surface area contributed by atoms with Crippen molar-refractivity contribution in [2.24, 2.45) is 0 Å². The summed E-state index contributed by atoms with van der Waals surface area (Å²) in [4.78, 5) is 11.0. The van der Waals surface area contributed by atoms with Crippen molar-refractivity contribution in [2.45, 2.75) is 60.4 Å². The van der Waals surface area contributed by atoms with Crippen LogP contribution in [0.2, 0.25) is 0 Å². The Bertz CT molecular complexity index is 311. The standard InChI is InChI=1S/C12H18ClNO2S/c13-9-5-3-1-2-4-6-10(14(15)16)12-8-7-11(9)17-12/h1-2,9-12H,3-8H2. The van der Waals surface area contributed by atoms with Crippen LogP contribution in [0.15, 0.2) is 12.2 Å². The molecule has 5 heteroatoms. The molecule has 0 spiro atoms. The number of nitro groups is 1. The zero-order valence-corrected chi connectivity index (χ0v) is 11.3. The molecule has 2 heterocycles. The molecule has 1 saturated heterocycles. The lowest BCUT2D eigenvalue weighted by Crippen LogP contribution is -2.30. The predicted molar refractivity (Wildman–Crippen MR) is 72.4 cm³/mol. The largest absolute Gasteiger partial charge is 0.264 e. The summed E-state index contributed by atoms with van der Waals surface area (Å²) < 4.78 is 0. The lowest BCUT2D eigenvalue weighted by molar-refractivity contribution is -0.522. The van der Waals surface area contributed by atoms with Crippen molar-refractivity contribution >= 4 is 23.4 Å². The molecule has 2 rings (SSSR count). The SMILES string of the molecule is O=[N+]([O-])C1CCC=CCCC(Cl)C2CCC1S2. The highest BCUT2D eigenvalue weighted by molar-refractivity contribution is 8.00. The van der Waals surface area contributed by atoms with Gasteiger partial charge in [0.15, 0.2) is 0 Å². The van der Waals surface area contributed by atoms with Gasteiger partial charge in [0.05, 0.1) is 5.25 Å². The van der Waals surface area contributed by atoms with Gasteiger partial charge in [-0.3, -0.25) is 10.1 Å². The van der Waals surface area contributed by atoms with Crippen molar-refractivity contribution in [3.8, 4) is 0 Å². The second-order valence-electron chi connectivity index (χ2n) is 4.79. The van der Waals surface area contributed by atoms with E-state index in [0.717, 1.165) is 32.1 Å². The topological polar surface area (TPSA) is 43.1 Å². The Labute approximate surface area is 111 Å². The van der Waals surface area contributed by atoms with E-state index in [2.05, 4.69) is 12.2 Å². The first-order valence-corrected chi connectivity index (χ1v) is 7.64. The summed E-state index contributed by atoms with van der Waals surface area (Å²) in [5.74, 6) is 0. The average Bonchev–Trinajstić information content (AvgIpc) is 2.74. The Hall–Kier alpha value is -0.220. The second-order valence-corrected chi connectivity index (χ2v) is 6.83. The highest BCUT2D eigenvalue weighted by atomic mass is 35.5. The molecule has 0 aromatic carbocycles. The van der Waals surface area contributed by atoms with E-state index in [0.29, 0.717) is 11.7 Å². The molecular formula is C12H18ClNO2S.